The van der Waals surface area contributed by atoms with Crippen molar-refractivity contribution in [2.45, 2.75) is 50.6 Å². The lowest BCUT2D eigenvalue weighted by molar-refractivity contribution is -0.125. The molecule has 6 heteroatoms. The van der Waals surface area contributed by atoms with E-state index in [1.165, 1.54) is 25.7 Å². The van der Waals surface area contributed by atoms with E-state index in [-0.39, 0.29) is 23.9 Å². The number of benzene rings is 1. The molecule has 2 heterocycles. The van der Waals surface area contributed by atoms with Crippen molar-refractivity contribution in [3.8, 4) is 0 Å². The van der Waals surface area contributed by atoms with Crippen molar-refractivity contribution in [1.29, 1.82) is 0 Å². The summed E-state index contributed by atoms with van der Waals surface area (Å²) in [6, 6.07) is 7.68. The maximum atomic E-state index is 13.1. The summed E-state index contributed by atoms with van der Waals surface area (Å²) in [5.41, 5.74) is 1.59. The van der Waals surface area contributed by atoms with E-state index >= 15 is 0 Å². The zero-order valence-electron chi connectivity index (χ0n) is 14.9. The van der Waals surface area contributed by atoms with Crippen molar-refractivity contribution in [3.63, 3.8) is 0 Å². The molecule has 1 saturated heterocycles. The van der Waals surface area contributed by atoms with E-state index in [4.69, 9.17) is 0 Å². The van der Waals surface area contributed by atoms with Gasteiger partial charge in [0.15, 0.2) is 0 Å². The van der Waals surface area contributed by atoms with Gasteiger partial charge in [-0.15, -0.1) is 11.8 Å². The van der Waals surface area contributed by atoms with Gasteiger partial charge in [-0.2, -0.15) is 0 Å². The van der Waals surface area contributed by atoms with Gasteiger partial charge >= 0.3 is 0 Å². The van der Waals surface area contributed by atoms with Gasteiger partial charge in [-0.1, -0.05) is 43.9 Å². The van der Waals surface area contributed by atoms with Crippen LogP contribution in [0.25, 0.3) is 10.9 Å². The zero-order valence-corrected chi connectivity index (χ0v) is 15.7. The molecule has 138 valence electrons. The Morgan fingerprint density at radius 3 is 2.69 bits per heavy atom. The van der Waals surface area contributed by atoms with Crippen molar-refractivity contribution in [3.05, 3.63) is 36.0 Å². The summed E-state index contributed by atoms with van der Waals surface area (Å²) in [4.78, 5) is 30.8. The Morgan fingerprint density at radius 1 is 1.12 bits per heavy atom. The summed E-state index contributed by atoms with van der Waals surface area (Å²) in [6.45, 7) is 0. The first-order valence-electron chi connectivity index (χ1n) is 9.49. The van der Waals surface area contributed by atoms with E-state index in [2.05, 4.69) is 10.3 Å². The maximum absolute atomic E-state index is 13.1. The van der Waals surface area contributed by atoms with Crippen LogP contribution in [0.1, 0.15) is 48.9 Å². The van der Waals surface area contributed by atoms with Crippen molar-refractivity contribution < 1.29 is 9.59 Å². The van der Waals surface area contributed by atoms with Crippen LogP contribution in [0.5, 0.6) is 0 Å². The molecule has 0 radical (unpaired) electrons. The minimum absolute atomic E-state index is 0.00934. The number of carbonyl (C=O) groups is 2. The Morgan fingerprint density at radius 2 is 1.88 bits per heavy atom. The van der Waals surface area contributed by atoms with E-state index in [0.29, 0.717) is 17.2 Å². The highest BCUT2D eigenvalue weighted by Crippen LogP contribution is 2.27. The van der Waals surface area contributed by atoms with Gasteiger partial charge < -0.3 is 15.2 Å². The van der Waals surface area contributed by atoms with Crippen molar-refractivity contribution in [1.82, 2.24) is 15.2 Å². The number of hydrogen-bond donors (Lipinski definition) is 2. The molecule has 5 nitrogen and oxygen atoms in total. The molecule has 1 aliphatic heterocycles. The van der Waals surface area contributed by atoms with Crippen molar-refractivity contribution in [2.24, 2.45) is 0 Å². The lowest BCUT2D eigenvalue weighted by atomic mass is 10.1. The average Bonchev–Trinajstić information content (AvgIpc) is 3.24. The number of rotatable bonds is 3. The molecule has 1 aromatic carbocycles. The minimum Gasteiger partial charge on any atom is -0.360 e. The Hall–Kier alpha value is -1.95. The number of thioether (sulfide) groups is 1. The number of para-hydroxylation sites is 1. The summed E-state index contributed by atoms with van der Waals surface area (Å²) >= 11 is 1.65. The number of aromatic amines is 1. The zero-order chi connectivity index (χ0) is 17.9. The first kappa shape index (κ1) is 17.5. The molecule has 0 spiro atoms. The number of H-pyrrole nitrogens is 1. The maximum Gasteiger partial charge on any atom is 0.257 e. The van der Waals surface area contributed by atoms with Crippen LogP contribution in [0.2, 0.25) is 0 Å². The third kappa shape index (κ3) is 3.47. The molecule has 1 aliphatic carbocycles. The number of fused-ring (bicyclic) bond motifs is 1. The second-order valence-corrected chi connectivity index (χ2v) is 8.24. The van der Waals surface area contributed by atoms with E-state index in [0.717, 1.165) is 23.7 Å². The SMILES string of the molecule is O=C(NC1CCCCCC1)C1CSCN1C(=O)c1c[nH]c2ccccc12. The molecule has 4 rings (SSSR count). The first-order valence-corrected chi connectivity index (χ1v) is 10.6. The second-order valence-electron chi connectivity index (χ2n) is 7.24. The number of nitrogens with one attached hydrogen (secondary N) is 2. The van der Waals surface area contributed by atoms with Crippen LogP contribution < -0.4 is 5.32 Å². The van der Waals surface area contributed by atoms with Crippen LogP contribution in [0.15, 0.2) is 30.5 Å². The van der Waals surface area contributed by atoms with E-state index < -0.39 is 0 Å². The van der Waals surface area contributed by atoms with Gasteiger partial charge in [0.25, 0.3) is 5.91 Å². The normalized spacial score (nSPS) is 21.7. The summed E-state index contributed by atoms with van der Waals surface area (Å²) in [5.74, 6) is 1.19. The van der Waals surface area contributed by atoms with Gasteiger partial charge in [-0.25, -0.2) is 0 Å². The van der Waals surface area contributed by atoms with Crippen LogP contribution in [-0.2, 0) is 4.79 Å². The third-order valence-electron chi connectivity index (χ3n) is 5.47. The quantitative estimate of drug-likeness (QED) is 0.812. The van der Waals surface area contributed by atoms with Gasteiger partial charge in [0.1, 0.15) is 6.04 Å². The highest BCUT2D eigenvalue weighted by atomic mass is 32.2. The molecule has 1 unspecified atom stereocenters. The fourth-order valence-corrected chi connectivity index (χ4v) is 5.14. The lowest BCUT2D eigenvalue weighted by Crippen LogP contribution is -2.49. The molecule has 2 fully saturated rings. The number of nitrogens with zero attached hydrogens (tertiary/aromatic N) is 1. The Balaban J connectivity index is 1.48. The third-order valence-corrected chi connectivity index (χ3v) is 6.48. The Kier molecular flexibility index (Phi) is 5.20. The van der Waals surface area contributed by atoms with Gasteiger partial charge in [-0.05, 0) is 18.9 Å². The highest BCUT2D eigenvalue weighted by Gasteiger charge is 2.36. The highest BCUT2D eigenvalue weighted by molar-refractivity contribution is 7.99. The molecule has 0 bridgehead atoms. The monoisotopic (exact) mass is 371 g/mol. The van der Waals surface area contributed by atoms with Crippen molar-refractivity contribution in [2.75, 3.05) is 11.6 Å². The predicted octanol–water partition coefficient (Wildman–Crippen LogP) is 3.52. The van der Waals surface area contributed by atoms with Gasteiger partial charge in [0.2, 0.25) is 5.91 Å². The van der Waals surface area contributed by atoms with Gasteiger partial charge in [0, 0.05) is 28.9 Å². The Labute approximate surface area is 157 Å². The van der Waals surface area contributed by atoms with E-state index in [1.54, 1.807) is 22.9 Å². The number of hydrogen-bond acceptors (Lipinski definition) is 3. The molecule has 2 aromatic rings. The first-order chi connectivity index (χ1) is 12.7. The standard InChI is InChI=1S/C20H25N3O2S/c24-19(22-14-7-3-1-2-4-8-14)18-12-26-13-23(18)20(25)16-11-21-17-10-6-5-9-15(16)17/h5-6,9-11,14,18,21H,1-4,7-8,12-13H2,(H,22,24). The lowest BCUT2D eigenvalue weighted by Gasteiger charge is -2.25. The predicted molar refractivity (Wildman–Crippen MR) is 105 cm³/mol. The molecular formula is C20H25N3O2S. The number of aromatic nitrogens is 1. The van der Waals surface area contributed by atoms with E-state index in [1.807, 2.05) is 24.3 Å². The molecule has 1 atom stereocenters. The molecule has 1 aromatic heterocycles. The van der Waals surface area contributed by atoms with E-state index in [9.17, 15) is 9.59 Å². The summed E-state index contributed by atoms with van der Waals surface area (Å²) in [7, 11) is 0. The number of carbonyl (C=O) groups excluding carboxylic acids is 2. The summed E-state index contributed by atoms with van der Waals surface area (Å²) < 4.78 is 0. The molecule has 2 aliphatic rings. The molecule has 26 heavy (non-hydrogen) atoms. The van der Waals surface area contributed by atoms with Gasteiger partial charge in [-0.3, -0.25) is 9.59 Å². The van der Waals surface area contributed by atoms with Crippen LogP contribution in [0, 0.1) is 0 Å². The van der Waals surface area contributed by atoms with Crippen LogP contribution in [-0.4, -0.2) is 45.4 Å². The average molecular weight is 372 g/mol. The fourth-order valence-electron chi connectivity index (χ4n) is 3.98. The molecule has 2 N–H and O–H groups in total. The Bertz CT molecular complexity index is 795. The minimum atomic E-state index is -0.371. The smallest absolute Gasteiger partial charge is 0.257 e. The molecule has 2 amide bonds. The topological polar surface area (TPSA) is 65.2 Å². The fraction of sp³-hybridized carbons (Fsp3) is 0.500. The molecular weight excluding hydrogens is 346 g/mol. The summed E-state index contributed by atoms with van der Waals surface area (Å²) in [5, 5.41) is 4.13. The van der Waals surface area contributed by atoms with Crippen LogP contribution in [0.3, 0.4) is 0 Å². The molecule has 1 saturated carbocycles. The second kappa shape index (κ2) is 7.74. The van der Waals surface area contributed by atoms with Gasteiger partial charge in [0.05, 0.1) is 11.4 Å². The summed E-state index contributed by atoms with van der Waals surface area (Å²) in [6.07, 6.45) is 8.76. The van der Waals surface area contributed by atoms with Crippen LogP contribution >= 0.6 is 11.8 Å². The van der Waals surface area contributed by atoms with Crippen molar-refractivity contribution >= 4 is 34.5 Å². The largest absolute Gasteiger partial charge is 0.360 e. The number of amides is 2. The van der Waals surface area contributed by atoms with Crippen LogP contribution in [0.4, 0.5) is 0 Å².